The number of nitriles is 1. The number of halogens is 2. The van der Waals surface area contributed by atoms with Crippen LogP contribution in [-0.2, 0) is 9.59 Å². The van der Waals surface area contributed by atoms with Crippen LogP contribution in [0.15, 0.2) is 53.4 Å². The number of rotatable bonds is 6. The number of carbonyl (C=O) groups excluding carboxylic acids is 2. The minimum absolute atomic E-state index is 0.170. The maximum atomic E-state index is 12.5. The van der Waals surface area contributed by atoms with E-state index in [1.165, 1.54) is 47.4 Å². The van der Waals surface area contributed by atoms with Gasteiger partial charge < -0.3 is 10.1 Å². The molecule has 0 radical (unpaired) electrons. The summed E-state index contributed by atoms with van der Waals surface area (Å²) in [5.41, 5.74) is 1.16. The lowest BCUT2D eigenvalue weighted by molar-refractivity contribution is -0.116. The normalized spacial score (nSPS) is 10.9. The highest BCUT2D eigenvalue weighted by molar-refractivity contribution is 7.14. The topological polar surface area (TPSA) is 95.3 Å². The monoisotopic (exact) mass is 486 g/mol. The van der Waals surface area contributed by atoms with Crippen molar-refractivity contribution in [3.63, 3.8) is 0 Å². The minimum atomic E-state index is -0.640. The summed E-state index contributed by atoms with van der Waals surface area (Å²) in [4.78, 5) is 30.6. The van der Waals surface area contributed by atoms with E-state index in [2.05, 4.69) is 10.3 Å². The molecular formula is C22H16Cl2N4O3S. The molecule has 0 saturated carbocycles. The van der Waals surface area contributed by atoms with Gasteiger partial charge in [0, 0.05) is 28.0 Å². The van der Waals surface area contributed by atoms with E-state index >= 15 is 0 Å². The molecule has 7 nitrogen and oxygen atoms in total. The fourth-order valence-electron chi connectivity index (χ4n) is 2.72. The average Bonchev–Trinajstić information content (AvgIpc) is 3.19. The van der Waals surface area contributed by atoms with Crippen molar-refractivity contribution < 1.29 is 14.3 Å². The van der Waals surface area contributed by atoms with Gasteiger partial charge in [-0.15, -0.1) is 11.3 Å². The first-order valence-corrected chi connectivity index (χ1v) is 10.7. The summed E-state index contributed by atoms with van der Waals surface area (Å²) < 4.78 is 5.15. The lowest BCUT2D eigenvalue weighted by Gasteiger charge is -2.18. The minimum Gasteiger partial charge on any atom is -0.497 e. The molecule has 1 heterocycles. The van der Waals surface area contributed by atoms with Gasteiger partial charge in [-0.1, -0.05) is 23.2 Å². The smallest absolute Gasteiger partial charge is 0.266 e. The Labute approximate surface area is 198 Å². The van der Waals surface area contributed by atoms with E-state index in [-0.39, 0.29) is 11.5 Å². The molecule has 10 heteroatoms. The first-order chi connectivity index (χ1) is 15.3. The third-order valence-electron chi connectivity index (χ3n) is 4.12. The van der Waals surface area contributed by atoms with Gasteiger partial charge in [0.2, 0.25) is 5.91 Å². The van der Waals surface area contributed by atoms with Crippen molar-refractivity contribution in [1.82, 2.24) is 4.98 Å². The predicted octanol–water partition coefficient (Wildman–Crippen LogP) is 5.69. The van der Waals surface area contributed by atoms with Crippen molar-refractivity contribution in [2.75, 3.05) is 17.3 Å². The second kappa shape index (κ2) is 10.3. The molecule has 0 saturated heterocycles. The molecular weight excluding hydrogens is 471 g/mol. The largest absolute Gasteiger partial charge is 0.497 e. The van der Waals surface area contributed by atoms with Crippen LogP contribution in [0.25, 0.3) is 6.08 Å². The van der Waals surface area contributed by atoms with E-state index in [4.69, 9.17) is 27.9 Å². The first kappa shape index (κ1) is 23.3. The molecule has 1 N–H and O–H groups in total. The van der Waals surface area contributed by atoms with Crippen LogP contribution in [0.3, 0.4) is 0 Å². The maximum Gasteiger partial charge on any atom is 0.266 e. The lowest BCUT2D eigenvalue weighted by atomic mass is 10.2. The van der Waals surface area contributed by atoms with E-state index in [1.807, 2.05) is 6.07 Å². The van der Waals surface area contributed by atoms with Crippen molar-refractivity contribution in [3.05, 3.63) is 69.2 Å². The predicted molar refractivity (Wildman–Crippen MR) is 127 cm³/mol. The zero-order chi connectivity index (χ0) is 23.3. The van der Waals surface area contributed by atoms with Gasteiger partial charge in [0.1, 0.15) is 17.4 Å². The molecule has 162 valence electrons. The van der Waals surface area contributed by atoms with Gasteiger partial charge in [0.15, 0.2) is 5.13 Å². The number of thiazole rings is 1. The fourth-order valence-corrected chi connectivity index (χ4v) is 4.09. The van der Waals surface area contributed by atoms with Crippen LogP contribution in [-0.4, -0.2) is 23.9 Å². The number of amides is 2. The summed E-state index contributed by atoms with van der Waals surface area (Å²) in [5.74, 6) is -0.222. The van der Waals surface area contributed by atoms with Crippen molar-refractivity contribution in [1.29, 1.82) is 5.26 Å². The molecule has 3 rings (SSSR count). The van der Waals surface area contributed by atoms with Crippen LogP contribution in [0.1, 0.15) is 12.6 Å². The molecule has 2 amide bonds. The van der Waals surface area contributed by atoms with Crippen LogP contribution in [0.4, 0.5) is 16.5 Å². The second-order valence-electron chi connectivity index (χ2n) is 6.39. The average molecular weight is 487 g/mol. The molecule has 1 aromatic heterocycles. The van der Waals surface area contributed by atoms with Crippen LogP contribution >= 0.6 is 34.5 Å². The molecule has 0 fully saturated rings. The van der Waals surface area contributed by atoms with Gasteiger partial charge in [-0.25, -0.2) is 4.98 Å². The molecule has 32 heavy (non-hydrogen) atoms. The molecule has 0 bridgehead atoms. The quantitative estimate of drug-likeness (QED) is 0.356. The highest BCUT2D eigenvalue weighted by atomic mass is 35.5. The van der Waals surface area contributed by atoms with Crippen LogP contribution < -0.4 is 15.0 Å². The van der Waals surface area contributed by atoms with Crippen molar-refractivity contribution in [3.8, 4) is 11.8 Å². The highest BCUT2D eigenvalue weighted by Crippen LogP contribution is 2.31. The summed E-state index contributed by atoms with van der Waals surface area (Å²) in [5, 5.41) is 14.8. The molecule has 0 atom stereocenters. The number of nitrogens with zero attached hydrogens (tertiary/aromatic N) is 3. The standard InChI is InChI=1S/C22H16Cl2N4O3S/c1-13(29)28(19-3-5-20(31-2)6-4-19)22-27-18(12-32-22)7-14(11-25)21(30)26-17-9-15(23)8-16(24)10-17/h3-10,12H,1-2H3,(H,26,30)/b14-7+. The number of methoxy groups -OCH3 is 1. The molecule has 3 aromatic rings. The van der Waals surface area contributed by atoms with E-state index in [9.17, 15) is 14.9 Å². The Bertz CT molecular complexity index is 1210. The summed E-state index contributed by atoms with van der Waals surface area (Å²) in [6.45, 7) is 1.42. The number of aromatic nitrogens is 1. The number of anilines is 3. The van der Waals surface area contributed by atoms with Crippen molar-refractivity contribution in [2.24, 2.45) is 0 Å². The van der Waals surface area contributed by atoms with Crippen molar-refractivity contribution >= 4 is 68.9 Å². The zero-order valence-corrected chi connectivity index (χ0v) is 19.3. The van der Waals surface area contributed by atoms with Gasteiger partial charge in [-0.05, 0) is 48.5 Å². The van der Waals surface area contributed by atoms with Gasteiger partial charge in [-0.3, -0.25) is 14.5 Å². The highest BCUT2D eigenvalue weighted by Gasteiger charge is 2.18. The van der Waals surface area contributed by atoms with Gasteiger partial charge in [0.05, 0.1) is 18.5 Å². The van der Waals surface area contributed by atoms with Crippen molar-refractivity contribution in [2.45, 2.75) is 6.92 Å². The number of benzene rings is 2. The molecule has 0 aliphatic carbocycles. The summed E-state index contributed by atoms with van der Waals surface area (Å²) >= 11 is 13.1. The molecule has 0 aliphatic heterocycles. The maximum absolute atomic E-state index is 12.5. The number of nitrogens with one attached hydrogen (secondary N) is 1. The van der Waals surface area contributed by atoms with Gasteiger partial charge in [-0.2, -0.15) is 5.26 Å². The van der Waals surface area contributed by atoms with Gasteiger partial charge >= 0.3 is 0 Å². The number of hydrogen-bond donors (Lipinski definition) is 1. The Balaban J connectivity index is 1.84. The Morgan fingerprint density at radius 1 is 1.19 bits per heavy atom. The zero-order valence-electron chi connectivity index (χ0n) is 16.9. The van der Waals surface area contributed by atoms with Crippen LogP contribution in [0.5, 0.6) is 5.75 Å². The van der Waals surface area contributed by atoms with E-state index in [0.29, 0.717) is 38.0 Å². The number of hydrogen-bond acceptors (Lipinski definition) is 6. The number of ether oxygens (including phenoxy) is 1. The van der Waals surface area contributed by atoms with E-state index < -0.39 is 5.91 Å². The fraction of sp³-hybridized carbons (Fsp3) is 0.0909. The van der Waals surface area contributed by atoms with E-state index in [1.54, 1.807) is 36.8 Å². The molecule has 0 aliphatic rings. The molecule has 0 spiro atoms. The third-order valence-corrected chi connectivity index (χ3v) is 5.40. The second-order valence-corrected chi connectivity index (χ2v) is 8.10. The summed E-state index contributed by atoms with van der Waals surface area (Å²) in [6.07, 6.45) is 1.34. The van der Waals surface area contributed by atoms with Crippen LogP contribution in [0.2, 0.25) is 10.0 Å². The third kappa shape index (κ3) is 5.65. The summed E-state index contributed by atoms with van der Waals surface area (Å²) in [7, 11) is 1.56. The Morgan fingerprint density at radius 2 is 1.84 bits per heavy atom. The molecule has 2 aromatic carbocycles. The Kier molecular flexibility index (Phi) is 7.49. The Hall–Kier alpha value is -3.38. The number of carbonyl (C=O) groups is 2. The SMILES string of the molecule is COc1ccc(N(C(C)=O)c2nc(/C=C(\C#N)C(=O)Nc3cc(Cl)cc(Cl)c3)cs2)cc1. The molecule has 0 unspecified atom stereocenters. The lowest BCUT2D eigenvalue weighted by Crippen LogP contribution is -2.22. The van der Waals surface area contributed by atoms with Crippen LogP contribution in [0, 0.1) is 11.3 Å². The van der Waals surface area contributed by atoms with E-state index in [0.717, 1.165) is 0 Å². The Morgan fingerprint density at radius 3 is 2.41 bits per heavy atom. The van der Waals surface area contributed by atoms with Gasteiger partial charge in [0.25, 0.3) is 5.91 Å². The first-order valence-electron chi connectivity index (χ1n) is 9.10. The summed E-state index contributed by atoms with van der Waals surface area (Å²) in [6, 6.07) is 13.4.